The van der Waals surface area contributed by atoms with Crippen LogP contribution in [0.25, 0.3) is 0 Å². The largest absolute Gasteiger partial charge is 0.495 e. The number of carbonyl (C=O) groups excluding carboxylic acids is 1. The van der Waals surface area contributed by atoms with Crippen LogP contribution in [0.1, 0.15) is 42.7 Å². The quantitative estimate of drug-likeness (QED) is 0.681. The molecule has 2 amide bonds. The molecule has 6 heteroatoms. The summed E-state index contributed by atoms with van der Waals surface area (Å²) in [5, 5.41) is 13.2. The molecule has 3 fully saturated rings. The molecule has 178 valence electrons. The number of aliphatic hydroxyl groups excluding tert-OH is 1. The Hall–Kier alpha value is -3.01. The van der Waals surface area contributed by atoms with Crippen LogP contribution in [0.2, 0.25) is 0 Å². The molecule has 2 heterocycles. The first kappa shape index (κ1) is 22.8. The summed E-state index contributed by atoms with van der Waals surface area (Å²) in [5.41, 5.74) is 2.93. The van der Waals surface area contributed by atoms with Crippen LogP contribution in [0.3, 0.4) is 0 Å². The molecule has 2 aliphatic heterocycles. The van der Waals surface area contributed by atoms with E-state index in [-0.39, 0.29) is 30.6 Å². The van der Waals surface area contributed by atoms with Gasteiger partial charge in [-0.3, -0.25) is 4.90 Å². The number of anilines is 1. The first-order valence-electron chi connectivity index (χ1n) is 12.3. The molecule has 0 radical (unpaired) electrons. The van der Waals surface area contributed by atoms with Crippen molar-refractivity contribution in [2.75, 3.05) is 38.7 Å². The summed E-state index contributed by atoms with van der Waals surface area (Å²) >= 11 is 0. The van der Waals surface area contributed by atoms with Crippen molar-refractivity contribution in [2.45, 2.75) is 43.7 Å². The smallest absolute Gasteiger partial charge is 0.322 e. The van der Waals surface area contributed by atoms with Crippen molar-refractivity contribution in [1.29, 1.82) is 0 Å². The van der Waals surface area contributed by atoms with Crippen LogP contribution < -0.4 is 10.1 Å². The Morgan fingerprint density at radius 3 is 2.62 bits per heavy atom. The number of hydrogen-bond donors (Lipinski definition) is 2. The first-order valence-corrected chi connectivity index (χ1v) is 12.3. The molecule has 6 nitrogen and oxygen atoms in total. The number of benzene rings is 2. The van der Waals surface area contributed by atoms with Gasteiger partial charge in [0, 0.05) is 42.6 Å². The molecule has 0 aromatic heterocycles. The van der Waals surface area contributed by atoms with Gasteiger partial charge in [-0.05, 0) is 62.1 Å². The van der Waals surface area contributed by atoms with Gasteiger partial charge in [-0.15, -0.1) is 0 Å². The normalized spacial score (nSPS) is 24.5. The second-order valence-electron chi connectivity index (χ2n) is 9.53. The van der Waals surface area contributed by atoms with Crippen LogP contribution in [-0.2, 0) is 0 Å². The fourth-order valence-corrected chi connectivity index (χ4v) is 5.27. The number of rotatable bonds is 4. The third-order valence-electron chi connectivity index (χ3n) is 7.30. The maximum absolute atomic E-state index is 13.2. The van der Waals surface area contributed by atoms with Gasteiger partial charge in [0.05, 0.1) is 19.4 Å². The van der Waals surface area contributed by atoms with E-state index >= 15 is 0 Å². The highest BCUT2D eigenvalue weighted by atomic mass is 16.5. The standard InChI is InChI=1S/C28H33N3O3/c1-34-26-7-3-2-6-23(26)29-28(33)30-16-4-5-17-31-24(18-30)27(25(31)19-32)22-14-12-21(13-15-22)11-10-20-8-9-20/h2-3,6-7,12-15,20,24-25,27,32H,4-5,8-9,16-19H2,1H3,(H,29,33)/t24-,25+,27+/m0/s1. The minimum Gasteiger partial charge on any atom is -0.495 e. The average molecular weight is 460 g/mol. The number of aliphatic hydroxyl groups is 1. The summed E-state index contributed by atoms with van der Waals surface area (Å²) in [6, 6.07) is 16.1. The minimum atomic E-state index is -0.108. The van der Waals surface area contributed by atoms with E-state index < -0.39 is 0 Å². The van der Waals surface area contributed by atoms with Crippen LogP contribution in [-0.4, -0.2) is 66.4 Å². The molecule has 3 atom stereocenters. The van der Waals surface area contributed by atoms with Crippen LogP contribution in [0.15, 0.2) is 48.5 Å². The van der Waals surface area contributed by atoms with E-state index in [1.807, 2.05) is 29.2 Å². The van der Waals surface area contributed by atoms with Gasteiger partial charge in [-0.2, -0.15) is 0 Å². The Morgan fingerprint density at radius 2 is 1.88 bits per heavy atom. The number of ether oxygens (including phenoxy) is 1. The Morgan fingerprint density at radius 1 is 1.12 bits per heavy atom. The molecular formula is C28H33N3O3. The molecule has 34 heavy (non-hydrogen) atoms. The van der Waals surface area contributed by atoms with Crippen molar-refractivity contribution in [3.63, 3.8) is 0 Å². The average Bonchev–Trinajstić information content (AvgIpc) is 3.67. The third-order valence-corrected chi connectivity index (χ3v) is 7.30. The number of nitrogens with zero attached hydrogens (tertiary/aromatic N) is 2. The van der Waals surface area contributed by atoms with Gasteiger partial charge in [-0.1, -0.05) is 36.1 Å². The minimum absolute atomic E-state index is 0.0885. The van der Waals surface area contributed by atoms with Crippen molar-refractivity contribution >= 4 is 11.7 Å². The molecule has 0 unspecified atom stereocenters. The highest BCUT2D eigenvalue weighted by molar-refractivity contribution is 5.91. The maximum Gasteiger partial charge on any atom is 0.322 e. The molecule has 2 aromatic rings. The number of methoxy groups -OCH3 is 1. The molecular weight excluding hydrogens is 426 g/mol. The summed E-state index contributed by atoms with van der Waals surface area (Å²) in [6.07, 6.45) is 4.40. The van der Waals surface area contributed by atoms with Crippen LogP contribution in [0.5, 0.6) is 5.75 Å². The summed E-state index contributed by atoms with van der Waals surface area (Å²) in [4.78, 5) is 17.5. The predicted octanol–water partition coefficient (Wildman–Crippen LogP) is 3.91. The summed E-state index contributed by atoms with van der Waals surface area (Å²) in [6.45, 7) is 2.43. The van der Waals surface area contributed by atoms with E-state index in [1.54, 1.807) is 7.11 Å². The lowest BCUT2D eigenvalue weighted by Crippen LogP contribution is -2.68. The lowest BCUT2D eigenvalue weighted by molar-refractivity contribution is -0.0585. The van der Waals surface area contributed by atoms with E-state index in [4.69, 9.17) is 4.74 Å². The number of fused-ring (bicyclic) bond motifs is 1. The fraction of sp³-hybridized carbons (Fsp3) is 0.464. The second kappa shape index (κ2) is 10.1. The number of amides is 2. The lowest BCUT2D eigenvalue weighted by Gasteiger charge is -2.57. The Kier molecular flexibility index (Phi) is 6.75. The third kappa shape index (κ3) is 4.77. The van der Waals surface area contributed by atoms with Crippen LogP contribution in [0, 0.1) is 17.8 Å². The van der Waals surface area contributed by atoms with Gasteiger partial charge in [0.25, 0.3) is 0 Å². The van der Waals surface area contributed by atoms with Crippen molar-refractivity contribution in [3.8, 4) is 17.6 Å². The number of hydrogen-bond acceptors (Lipinski definition) is 4. The molecule has 2 N–H and O–H groups in total. The monoisotopic (exact) mass is 459 g/mol. The van der Waals surface area contributed by atoms with Crippen molar-refractivity contribution < 1.29 is 14.6 Å². The SMILES string of the molecule is COc1ccccc1NC(=O)N1CCCCN2[C@H](CO)[C@H](c3ccc(C#CC4CC4)cc3)[C@@H]2C1. The molecule has 1 aliphatic carbocycles. The number of para-hydroxylation sites is 2. The van der Waals surface area contributed by atoms with E-state index in [2.05, 4.69) is 46.3 Å². The predicted molar refractivity (Wildman–Crippen MR) is 133 cm³/mol. The van der Waals surface area contributed by atoms with Crippen LogP contribution in [0.4, 0.5) is 10.5 Å². The second-order valence-corrected chi connectivity index (χ2v) is 9.53. The summed E-state index contributed by atoms with van der Waals surface area (Å²) in [7, 11) is 1.61. The fourth-order valence-electron chi connectivity index (χ4n) is 5.27. The summed E-state index contributed by atoms with van der Waals surface area (Å²) < 4.78 is 5.40. The molecule has 2 aromatic carbocycles. The Balaban J connectivity index is 1.32. The van der Waals surface area contributed by atoms with Crippen LogP contribution >= 0.6 is 0 Å². The van der Waals surface area contributed by atoms with Gasteiger partial charge in [0.15, 0.2) is 0 Å². The van der Waals surface area contributed by atoms with Gasteiger partial charge in [0.1, 0.15) is 5.75 Å². The van der Waals surface area contributed by atoms with Crippen molar-refractivity contribution in [3.05, 3.63) is 59.7 Å². The van der Waals surface area contributed by atoms with Gasteiger partial charge in [-0.25, -0.2) is 4.79 Å². The summed E-state index contributed by atoms with van der Waals surface area (Å²) in [5.74, 6) is 8.02. The van der Waals surface area contributed by atoms with E-state index in [1.165, 1.54) is 18.4 Å². The lowest BCUT2D eigenvalue weighted by atomic mass is 9.74. The molecule has 0 bridgehead atoms. The zero-order valence-electron chi connectivity index (χ0n) is 19.7. The maximum atomic E-state index is 13.2. The molecule has 5 rings (SSSR count). The van der Waals surface area contributed by atoms with E-state index in [9.17, 15) is 9.90 Å². The zero-order valence-corrected chi connectivity index (χ0v) is 19.7. The first-order chi connectivity index (χ1) is 16.7. The molecule has 1 saturated carbocycles. The molecule has 0 spiro atoms. The van der Waals surface area contributed by atoms with Gasteiger partial charge < -0.3 is 20.1 Å². The van der Waals surface area contributed by atoms with Crippen molar-refractivity contribution in [1.82, 2.24) is 9.80 Å². The zero-order chi connectivity index (χ0) is 23.5. The Labute approximate surface area is 201 Å². The molecule has 2 saturated heterocycles. The van der Waals surface area contributed by atoms with Gasteiger partial charge >= 0.3 is 6.03 Å². The number of carbonyl (C=O) groups is 1. The number of urea groups is 1. The number of nitrogens with one attached hydrogen (secondary N) is 1. The van der Waals surface area contributed by atoms with E-state index in [0.717, 1.165) is 31.5 Å². The van der Waals surface area contributed by atoms with Gasteiger partial charge in [0.2, 0.25) is 0 Å². The highest BCUT2D eigenvalue weighted by Gasteiger charge is 2.49. The van der Waals surface area contributed by atoms with Crippen molar-refractivity contribution in [2.24, 2.45) is 5.92 Å². The Bertz CT molecular complexity index is 1070. The topological polar surface area (TPSA) is 65.0 Å². The molecule has 3 aliphatic rings. The van der Waals surface area contributed by atoms with E-state index in [0.29, 0.717) is 23.9 Å². The highest BCUT2D eigenvalue weighted by Crippen LogP contribution is 2.42.